The maximum absolute atomic E-state index is 12.7. The molecule has 0 bridgehead atoms. The predicted molar refractivity (Wildman–Crippen MR) is 112 cm³/mol. The van der Waals surface area contributed by atoms with Gasteiger partial charge in [-0.1, -0.05) is 12.1 Å². The van der Waals surface area contributed by atoms with Gasteiger partial charge in [0.1, 0.15) is 6.33 Å². The van der Waals surface area contributed by atoms with Gasteiger partial charge in [0.15, 0.2) is 5.65 Å². The third-order valence-corrected chi connectivity index (χ3v) is 4.98. The molecule has 3 heterocycles. The Labute approximate surface area is 166 Å². The van der Waals surface area contributed by atoms with Crippen LogP contribution in [0.25, 0.3) is 27.8 Å². The van der Waals surface area contributed by atoms with Gasteiger partial charge in [0.25, 0.3) is 5.91 Å². The molecule has 0 radical (unpaired) electrons. The maximum atomic E-state index is 12.7. The Kier molecular flexibility index (Phi) is 3.87. The first-order chi connectivity index (χ1) is 14.1. The van der Waals surface area contributed by atoms with Crippen molar-refractivity contribution in [2.75, 3.05) is 5.32 Å². The van der Waals surface area contributed by atoms with Gasteiger partial charge in [-0.2, -0.15) is 5.10 Å². The van der Waals surface area contributed by atoms with E-state index < -0.39 is 0 Å². The van der Waals surface area contributed by atoms with Crippen LogP contribution in [0, 0.1) is 6.92 Å². The number of amides is 1. The number of hydrogen-bond donors (Lipinski definition) is 1. The van der Waals surface area contributed by atoms with Crippen molar-refractivity contribution < 1.29 is 4.79 Å². The molecule has 0 aliphatic heterocycles. The van der Waals surface area contributed by atoms with Gasteiger partial charge in [-0.15, -0.1) is 0 Å². The summed E-state index contributed by atoms with van der Waals surface area (Å²) in [6.45, 7) is 1.92. The molecule has 3 aromatic heterocycles. The Balaban J connectivity index is 1.40. The van der Waals surface area contributed by atoms with Crippen molar-refractivity contribution in [3.63, 3.8) is 0 Å². The van der Waals surface area contributed by atoms with E-state index >= 15 is 0 Å². The van der Waals surface area contributed by atoms with E-state index in [9.17, 15) is 4.79 Å². The molecule has 0 spiro atoms. The fraction of sp³-hybridized carbons (Fsp3) is 0.0909. The number of aromatic nitrogens is 5. The second-order valence-electron chi connectivity index (χ2n) is 6.91. The number of nitrogens with zero attached hydrogens (tertiary/aromatic N) is 5. The quantitative estimate of drug-likeness (QED) is 0.514. The number of rotatable bonds is 3. The summed E-state index contributed by atoms with van der Waals surface area (Å²) in [5.74, 6) is -0.185. The summed E-state index contributed by atoms with van der Waals surface area (Å²) in [5.41, 5.74) is 5.79. The van der Waals surface area contributed by atoms with Crippen LogP contribution in [0.1, 0.15) is 16.1 Å². The normalized spacial score (nSPS) is 11.2. The molecule has 142 valence electrons. The monoisotopic (exact) mass is 382 g/mol. The average Bonchev–Trinajstić information content (AvgIpc) is 3.29. The van der Waals surface area contributed by atoms with E-state index in [1.807, 2.05) is 61.0 Å². The highest BCUT2D eigenvalue weighted by atomic mass is 16.1. The zero-order valence-electron chi connectivity index (χ0n) is 16.0. The van der Waals surface area contributed by atoms with Gasteiger partial charge in [0, 0.05) is 23.7 Å². The van der Waals surface area contributed by atoms with Crippen molar-refractivity contribution in [2.45, 2.75) is 6.92 Å². The van der Waals surface area contributed by atoms with Crippen LogP contribution in [-0.2, 0) is 7.05 Å². The standard InChI is InChI=1S/C22H18N6O/c1-14-18-11-16(12-23-21(18)27(2)26-14)25-22(29)15-7-9-17(10-8-15)28-13-24-19-5-3-4-6-20(19)28/h3-13H,1-2H3,(H,25,29). The minimum absolute atomic E-state index is 0.185. The summed E-state index contributed by atoms with van der Waals surface area (Å²) in [7, 11) is 1.85. The Morgan fingerprint density at radius 3 is 2.66 bits per heavy atom. The van der Waals surface area contributed by atoms with E-state index in [2.05, 4.69) is 20.4 Å². The van der Waals surface area contributed by atoms with E-state index in [4.69, 9.17) is 0 Å². The topological polar surface area (TPSA) is 77.6 Å². The molecular weight excluding hydrogens is 364 g/mol. The van der Waals surface area contributed by atoms with Crippen LogP contribution in [0.15, 0.2) is 67.1 Å². The zero-order valence-corrected chi connectivity index (χ0v) is 16.0. The molecule has 0 saturated heterocycles. The molecule has 7 heteroatoms. The SMILES string of the molecule is Cc1nn(C)c2ncc(NC(=O)c3ccc(-n4cnc5ccccc54)cc3)cc12. The van der Waals surface area contributed by atoms with Crippen molar-refractivity contribution in [1.29, 1.82) is 0 Å². The third kappa shape index (κ3) is 2.93. The summed E-state index contributed by atoms with van der Waals surface area (Å²) in [5, 5.41) is 8.20. The molecule has 2 aromatic carbocycles. The minimum atomic E-state index is -0.185. The summed E-state index contributed by atoms with van der Waals surface area (Å²) < 4.78 is 3.73. The Morgan fingerprint density at radius 2 is 1.83 bits per heavy atom. The smallest absolute Gasteiger partial charge is 0.255 e. The first kappa shape index (κ1) is 17.1. The first-order valence-electron chi connectivity index (χ1n) is 9.23. The number of imidazole rings is 1. The van der Waals surface area contributed by atoms with Gasteiger partial charge in [0.2, 0.25) is 0 Å². The number of carbonyl (C=O) groups excluding carboxylic acids is 1. The Morgan fingerprint density at radius 1 is 1.03 bits per heavy atom. The van der Waals surface area contributed by atoms with Crippen LogP contribution in [0.2, 0.25) is 0 Å². The lowest BCUT2D eigenvalue weighted by molar-refractivity contribution is 0.102. The minimum Gasteiger partial charge on any atom is -0.321 e. The Hall–Kier alpha value is -4.00. The molecule has 7 nitrogen and oxygen atoms in total. The number of aryl methyl sites for hydroxylation is 2. The van der Waals surface area contributed by atoms with E-state index in [1.165, 1.54) is 0 Å². The molecule has 0 atom stereocenters. The van der Waals surface area contributed by atoms with E-state index in [1.54, 1.807) is 29.3 Å². The number of pyridine rings is 1. The second kappa shape index (κ2) is 6.56. The summed E-state index contributed by atoms with van der Waals surface area (Å²) >= 11 is 0. The van der Waals surface area contributed by atoms with Crippen LogP contribution in [0.5, 0.6) is 0 Å². The predicted octanol–water partition coefficient (Wildman–Crippen LogP) is 3.87. The molecule has 1 N–H and O–H groups in total. The van der Waals surface area contributed by atoms with Crippen LogP contribution < -0.4 is 5.32 Å². The van der Waals surface area contributed by atoms with Crippen molar-refractivity contribution >= 4 is 33.7 Å². The van der Waals surface area contributed by atoms with Crippen LogP contribution in [0.3, 0.4) is 0 Å². The van der Waals surface area contributed by atoms with Gasteiger partial charge >= 0.3 is 0 Å². The molecule has 1 amide bonds. The molecule has 0 saturated carbocycles. The lowest BCUT2D eigenvalue weighted by Crippen LogP contribution is -2.12. The number of benzene rings is 2. The molecule has 29 heavy (non-hydrogen) atoms. The van der Waals surface area contributed by atoms with Crippen LogP contribution >= 0.6 is 0 Å². The maximum Gasteiger partial charge on any atom is 0.255 e. The van der Waals surface area contributed by atoms with Gasteiger partial charge in [-0.3, -0.25) is 14.0 Å². The highest BCUT2D eigenvalue weighted by Crippen LogP contribution is 2.21. The molecular formula is C22H18N6O. The van der Waals surface area contributed by atoms with Crippen molar-refractivity contribution in [3.05, 3.63) is 78.4 Å². The van der Waals surface area contributed by atoms with E-state index in [0.717, 1.165) is 33.4 Å². The highest BCUT2D eigenvalue weighted by Gasteiger charge is 2.11. The van der Waals surface area contributed by atoms with Gasteiger partial charge < -0.3 is 5.32 Å². The Bertz CT molecular complexity index is 1360. The summed E-state index contributed by atoms with van der Waals surface area (Å²) in [6, 6.07) is 17.3. The van der Waals surface area contributed by atoms with Gasteiger partial charge in [0.05, 0.1) is 28.6 Å². The number of nitrogens with one attached hydrogen (secondary N) is 1. The molecule has 5 aromatic rings. The van der Waals surface area contributed by atoms with Crippen molar-refractivity contribution in [2.24, 2.45) is 7.05 Å². The number of anilines is 1. The second-order valence-corrected chi connectivity index (χ2v) is 6.91. The third-order valence-electron chi connectivity index (χ3n) is 4.98. The van der Waals surface area contributed by atoms with Gasteiger partial charge in [-0.05, 0) is 49.4 Å². The number of para-hydroxylation sites is 2. The number of hydrogen-bond acceptors (Lipinski definition) is 4. The highest BCUT2D eigenvalue weighted by molar-refractivity contribution is 6.05. The fourth-order valence-electron chi connectivity index (χ4n) is 3.52. The van der Waals surface area contributed by atoms with Crippen molar-refractivity contribution in [3.8, 4) is 5.69 Å². The van der Waals surface area contributed by atoms with E-state index in [-0.39, 0.29) is 5.91 Å². The molecule has 0 aliphatic carbocycles. The number of carbonyl (C=O) groups is 1. The molecule has 5 rings (SSSR count). The lowest BCUT2D eigenvalue weighted by Gasteiger charge is -2.08. The first-order valence-corrected chi connectivity index (χ1v) is 9.23. The average molecular weight is 382 g/mol. The van der Waals surface area contributed by atoms with Crippen LogP contribution in [0.4, 0.5) is 5.69 Å². The molecule has 0 fully saturated rings. The summed E-state index contributed by atoms with van der Waals surface area (Å²) in [6.07, 6.45) is 3.43. The molecule has 0 aliphatic rings. The fourth-order valence-corrected chi connectivity index (χ4v) is 3.52. The zero-order chi connectivity index (χ0) is 20.0. The largest absolute Gasteiger partial charge is 0.321 e. The lowest BCUT2D eigenvalue weighted by atomic mass is 10.2. The van der Waals surface area contributed by atoms with Crippen LogP contribution in [-0.4, -0.2) is 30.2 Å². The number of fused-ring (bicyclic) bond motifs is 2. The summed E-state index contributed by atoms with van der Waals surface area (Å²) in [4.78, 5) is 21.5. The van der Waals surface area contributed by atoms with E-state index in [0.29, 0.717) is 11.3 Å². The van der Waals surface area contributed by atoms with Gasteiger partial charge in [-0.25, -0.2) is 9.97 Å². The molecule has 0 unspecified atom stereocenters. The van der Waals surface area contributed by atoms with Crippen molar-refractivity contribution in [1.82, 2.24) is 24.3 Å².